The fourth-order valence-corrected chi connectivity index (χ4v) is 2.17. The molecule has 1 amide bonds. The van der Waals surface area contributed by atoms with E-state index in [4.69, 9.17) is 0 Å². The van der Waals surface area contributed by atoms with Crippen LogP contribution in [0.3, 0.4) is 0 Å². The summed E-state index contributed by atoms with van der Waals surface area (Å²) >= 11 is 3.21. The van der Waals surface area contributed by atoms with Gasteiger partial charge in [0.25, 0.3) is 17.3 Å². The molecule has 0 spiro atoms. The fraction of sp³-hybridized carbons (Fsp3) is 0. The lowest BCUT2D eigenvalue weighted by atomic mass is 10.1. The van der Waals surface area contributed by atoms with Gasteiger partial charge < -0.3 is 5.11 Å². The Morgan fingerprint density at radius 3 is 2.28 bits per heavy atom. The van der Waals surface area contributed by atoms with Gasteiger partial charge in [0.15, 0.2) is 0 Å². The third kappa shape index (κ3) is 4.57. The topological polar surface area (TPSA) is 148 Å². The summed E-state index contributed by atoms with van der Waals surface area (Å²) in [7, 11) is 0. The molecule has 2 aromatic carbocycles. The molecule has 2 aromatic rings. The highest BCUT2D eigenvalue weighted by Crippen LogP contribution is 2.23. The van der Waals surface area contributed by atoms with Crippen LogP contribution in [0.25, 0.3) is 0 Å². The van der Waals surface area contributed by atoms with E-state index < -0.39 is 27.1 Å². The number of phenols is 1. The van der Waals surface area contributed by atoms with E-state index in [9.17, 15) is 30.1 Å². The molecule has 25 heavy (non-hydrogen) atoms. The average Bonchev–Trinajstić information content (AvgIpc) is 2.57. The molecule has 0 heterocycles. The number of phenolic OH excluding ortho intramolecular Hbond substituents is 1. The van der Waals surface area contributed by atoms with Gasteiger partial charge in [-0.15, -0.1) is 0 Å². The number of benzene rings is 2. The van der Waals surface area contributed by atoms with Crippen LogP contribution in [-0.2, 0) is 0 Å². The summed E-state index contributed by atoms with van der Waals surface area (Å²) < 4.78 is 0.674. The van der Waals surface area contributed by atoms with Crippen molar-refractivity contribution in [1.29, 1.82) is 0 Å². The Hall–Kier alpha value is -3.34. The van der Waals surface area contributed by atoms with E-state index in [-0.39, 0.29) is 11.3 Å². The Labute approximate surface area is 148 Å². The quantitative estimate of drug-likeness (QED) is 0.441. The lowest BCUT2D eigenvalue weighted by Crippen LogP contribution is -2.18. The first-order valence-electron chi connectivity index (χ1n) is 6.53. The lowest BCUT2D eigenvalue weighted by Gasteiger charge is -2.02. The molecule has 0 bridgehead atoms. The molecule has 0 atom stereocenters. The zero-order valence-corrected chi connectivity index (χ0v) is 13.8. The Morgan fingerprint density at radius 2 is 1.72 bits per heavy atom. The van der Waals surface area contributed by atoms with Gasteiger partial charge >= 0.3 is 0 Å². The Kier molecular flexibility index (Phi) is 5.39. The first kappa shape index (κ1) is 18.0. The average molecular weight is 409 g/mol. The second-order valence-electron chi connectivity index (χ2n) is 4.65. The van der Waals surface area contributed by atoms with E-state index in [0.717, 1.165) is 24.4 Å². The number of rotatable bonds is 5. The van der Waals surface area contributed by atoms with Gasteiger partial charge in [-0.25, -0.2) is 5.43 Å². The number of hydrogen-bond donors (Lipinski definition) is 2. The van der Waals surface area contributed by atoms with Crippen LogP contribution in [0.4, 0.5) is 11.4 Å². The largest absolute Gasteiger partial charge is 0.507 e. The van der Waals surface area contributed by atoms with Gasteiger partial charge in [-0.1, -0.05) is 15.9 Å². The molecule has 0 aliphatic heterocycles. The number of nitrogens with one attached hydrogen (secondary N) is 1. The third-order valence-corrected chi connectivity index (χ3v) is 3.44. The van der Waals surface area contributed by atoms with Gasteiger partial charge in [0.2, 0.25) is 0 Å². The number of aromatic hydroxyl groups is 1. The number of nitro benzene ring substituents is 2. The normalized spacial score (nSPS) is 10.6. The van der Waals surface area contributed by atoms with Crippen molar-refractivity contribution in [3.63, 3.8) is 0 Å². The van der Waals surface area contributed by atoms with Crippen LogP contribution < -0.4 is 5.43 Å². The summed E-state index contributed by atoms with van der Waals surface area (Å²) in [4.78, 5) is 31.9. The molecule has 0 aromatic heterocycles. The van der Waals surface area contributed by atoms with Gasteiger partial charge in [0.1, 0.15) is 5.75 Å². The van der Waals surface area contributed by atoms with Crippen LogP contribution in [0.1, 0.15) is 15.9 Å². The molecule has 0 aliphatic carbocycles. The van der Waals surface area contributed by atoms with Gasteiger partial charge in [0, 0.05) is 22.2 Å². The number of hydrogen-bond acceptors (Lipinski definition) is 7. The SMILES string of the molecule is O=C(N/N=C/c1cc(Br)ccc1O)c1cc([N+](=O)[O-])cc([N+](=O)[O-])c1. The summed E-state index contributed by atoms with van der Waals surface area (Å²) in [5.41, 5.74) is 0.916. The molecule has 10 nitrogen and oxygen atoms in total. The summed E-state index contributed by atoms with van der Waals surface area (Å²) in [6.07, 6.45) is 1.16. The highest BCUT2D eigenvalue weighted by molar-refractivity contribution is 9.10. The minimum absolute atomic E-state index is 0.0767. The Morgan fingerprint density at radius 1 is 1.12 bits per heavy atom. The smallest absolute Gasteiger partial charge is 0.277 e. The van der Waals surface area contributed by atoms with Crippen molar-refractivity contribution in [2.24, 2.45) is 5.10 Å². The zero-order valence-electron chi connectivity index (χ0n) is 12.2. The summed E-state index contributed by atoms with van der Waals surface area (Å²) in [6, 6.07) is 7.11. The molecular weight excluding hydrogens is 400 g/mol. The first-order chi connectivity index (χ1) is 11.8. The van der Waals surface area contributed by atoms with E-state index in [1.54, 1.807) is 12.1 Å². The van der Waals surface area contributed by atoms with Crippen molar-refractivity contribution < 1.29 is 19.7 Å². The molecular formula is C14H9BrN4O6. The van der Waals surface area contributed by atoms with E-state index in [1.807, 2.05) is 0 Å². The van der Waals surface area contributed by atoms with Crippen LogP contribution in [0.2, 0.25) is 0 Å². The van der Waals surface area contributed by atoms with Gasteiger partial charge in [-0.2, -0.15) is 5.10 Å². The van der Waals surface area contributed by atoms with Crippen molar-refractivity contribution in [3.05, 3.63) is 72.2 Å². The molecule has 0 saturated heterocycles. The second kappa shape index (κ2) is 7.49. The van der Waals surface area contributed by atoms with E-state index in [0.29, 0.717) is 10.0 Å². The minimum atomic E-state index is -0.877. The number of carbonyl (C=O) groups is 1. The monoisotopic (exact) mass is 408 g/mol. The number of amides is 1. The van der Waals surface area contributed by atoms with Gasteiger partial charge in [0.05, 0.1) is 27.7 Å². The maximum Gasteiger partial charge on any atom is 0.277 e. The molecule has 0 radical (unpaired) electrons. The molecule has 0 fully saturated rings. The predicted molar refractivity (Wildman–Crippen MR) is 90.6 cm³/mol. The number of non-ortho nitro benzene ring substituents is 2. The molecule has 11 heteroatoms. The van der Waals surface area contributed by atoms with Crippen molar-refractivity contribution >= 4 is 39.4 Å². The standard InChI is InChI=1S/C14H9BrN4O6/c15-10-1-2-13(20)9(3-10)7-16-17-14(21)8-4-11(18(22)23)6-12(5-8)19(24)25/h1-7,20H,(H,17,21)/b16-7+. The van der Waals surface area contributed by atoms with E-state index in [1.165, 1.54) is 6.07 Å². The number of halogens is 1. The Bertz CT molecular complexity index is 867. The minimum Gasteiger partial charge on any atom is -0.507 e. The zero-order chi connectivity index (χ0) is 18.6. The predicted octanol–water partition coefficient (Wildman–Crippen LogP) is 2.74. The van der Waals surface area contributed by atoms with E-state index >= 15 is 0 Å². The molecule has 0 saturated carbocycles. The molecule has 0 unspecified atom stereocenters. The molecule has 2 rings (SSSR count). The number of nitrogens with zero attached hydrogens (tertiary/aromatic N) is 3. The number of carbonyl (C=O) groups excluding carboxylic acids is 1. The van der Waals surface area contributed by atoms with Crippen molar-refractivity contribution in [1.82, 2.24) is 5.43 Å². The molecule has 2 N–H and O–H groups in total. The van der Waals surface area contributed by atoms with Crippen LogP contribution in [-0.4, -0.2) is 27.1 Å². The van der Waals surface area contributed by atoms with Crippen LogP contribution in [0, 0.1) is 20.2 Å². The lowest BCUT2D eigenvalue weighted by molar-refractivity contribution is -0.394. The molecule has 128 valence electrons. The Balaban J connectivity index is 2.23. The van der Waals surface area contributed by atoms with Gasteiger partial charge in [-0.3, -0.25) is 25.0 Å². The van der Waals surface area contributed by atoms with Gasteiger partial charge in [-0.05, 0) is 18.2 Å². The summed E-state index contributed by atoms with van der Waals surface area (Å²) in [5, 5.41) is 34.9. The molecule has 0 aliphatic rings. The number of nitro groups is 2. The van der Waals surface area contributed by atoms with E-state index in [2.05, 4.69) is 26.5 Å². The van der Waals surface area contributed by atoms with Crippen LogP contribution in [0.5, 0.6) is 5.75 Å². The van der Waals surface area contributed by atoms with Crippen LogP contribution >= 0.6 is 15.9 Å². The van der Waals surface area contributed by atoms with Crippen molar-refractivity contribution in [2.45, 2.75) is 0 Å². The van der Waals surface area contributed by atoms with Crippen molar-refractivity contribution in [3.8, 4) is 5.75 Å². The summed E-state index contributed by atoms with van der Waals surface area (Å²) in [6.45, 7) is 0. The highest BCUT2D eigenvalue weighted by atomic mass is 79.9. The van der Waals surface area contributed by atoms with Crippen molar-refractivity contribution in [2.75, 3.05) is 0 Å². The maximum atomic E-state index is 12.0. The highest BCUT2D eigenvalue weighted by Gasteiger charge is 2.19. The third-order valence-electron chi connectivity index (χ3n) is 2.95. The summed E-state index contributed by atoms with van der Waals surface area (Å²) in [5.74, 6) is -0.954. The van der Waals surface area contributed by atoms with Crippen LogP contribution in [0.15, 0.2) is 46.0 Å². The number of hydrazone groups is 1. The second-order valence-corrected chi connectivity index (χ2v) is 5.57. The first-order valence-corrected chi connectivity index (χ1v) is 7.33. The fourth-order valence-electron chi connectivity index (χ4n) is 1.79. The maximum absolute atomic E-state index is 12.0.